The Bertz CT molecular complexity index is 1380. The Kier molecular flexibility index (Phi) is 4.53. The lowest BCUT2D eigenvalue weighted by Gasteiger charge is -2.40. The van der Waals surface area contributed by atoms with Gasteiger partial charge in [0.05, 0.1) is 0 Å². The Morgan fingerprint density at radius 1 is 1.12 bits per heavy atom. The van der Waals surface area contributed by atoms with Gasteiger partial charge in [0.15, 0.2) is 16.9 Å². The van der Waals surface area contributed by atoms with Gasteiger partial charge in [0.25, 0.3) is 0 Å². The second kappa shape index (κ2) is 7.00. The summed E-state index contributed by atoms with van der Waals surface area (Å²) >= 11 is 0. The van der Waals surface area contributed by atoms with Crippen LogP contribution in [-0.4, -0.2) is 38.2 Å². The molecule has 0 unspecified atom stereocenters. The fourth-order valence-electron chi connectivity index (χ4n) is 4.42. The molecule has 3 atom stereocenters. The zero-order valence-electron chi connectivity index (χ0n) is 18.4. The minimum absolute atomic E-state index is 0.0335. The number of benzene rings is 2. The van der Waals surface area contributed by atoms with Gasteiger partial charge in [-0.2, -0.15) is 0 Å². The molecular weight excluding hydrogens is 428 g/mol. The molecule has 0 amide bonds. The fourth-order valence-corrected chi connectivity index (χ4v) is 4.42. The van der Waals surface area contributed by atoms with E-state index in [-0.39, 0.29) is 45.6 Å². The number of rotatable bonds is 2. The van der Waals surface area contributed by atoms with Crippen molar-refractivity contribution in [2.24, 2.45) is 0 Å². The van der Waals surface area contributed by atoms with E-state index < -0.39 is 23.2 Å². The van der Waals surface area contributed by atoms with Crippen LogP contribution in [0.3, 0.4) is 0 Å². The Hall–Kier alpha value is -3.49. The highest BCUT2D eigenvalue weighted by molar-refractivity contribution is 5.90. The maximum Gasteiger partial charge on any atom is 0.197 e. The zero-order valence-corrected chi connectivity index (χ0v) is 18.4. The van der Waals surface area contributed by atoms with Crippen molar-refractivity contribution in [1.29, 1.82) is 0 Å². The van der Waals surface area contributed by atoms with Crippen LogP contribution in [0.25, 0.3) is 22.3 Å². The van der Waals surface area contributed by atoms with Gasteiger partial charge in [-0.3, -0.25) is 4.79 Å². The number of aliphatic hydroxyl groups excluding tert-OH is 2. The average molecular weight is 452 g/mol. The summed E-state index contributed by atoms with van der Waals surface area (Å²) in [5.41, 5.74) is 0.509. The summed E-state index contributed by atoms with van der Waals surface area (Å²) < 4.78 is 17.6. The van der Waals surface area contributed by atoms with Crippen LogP contribution in [0.1, 0.15) is 38.0 Å². The molecule has 8 heteroatoms. The number of fused-ring (bicyclic) bond motifs is 4. The molecule has 0 saturated carbocycles. The number of hydrogen-bond donors (Lipinski definition) is 4. The summed E-state index contributed by atoms with van der Waals surface area (Å²) in [6.07, 6.45) is -2.43. The Morgan fingerprint density at radius 3 is 2.55 bits per heavy atom. The first-order valence-electron chi connectivity index (χ1n) is 10.5. The maximum atomic E-state index is 12.9. The number of ether oxygens (including phenoxy) is 2. The van der Waals surface area contributed by atoms with Gasteiger partial charge in [-0.05, 0) is 38.5 Å². The molecule has 172 valence electrons. The number of phenols is 2. The lowest BCUT2D eigenvalue weighted by Crippen LogP contribution is -2.48. The van der Waals surface area contributed by atoms with Crippen molar-refractivity contribution in [3.8, 4) is 34.3 Å². The summed E-state index contributed by atoms with van der Waals surface area (Å²) in [5.74, 6) is 0.0605. The van der Waals surface area contributed by atoms with Crippen molar-refractivity contribution < 1.29 is 34.3 Å². The van der Waals surface area contributed by atoms with E-state index in [0.29, 0.717) is 23.3 Å². The normalized spacial score (nSPS) is 22.9. The van der Waals surface area contributed by atoms with E-state index in [2.05, 4.69) is 6.58 Å². The minimum Gasteiger partial charge on any atom is -0.507 e. The summed E-state index contributed by atoms with van der Waals surface area (Å²) in [7, 11) is 0. The van der Waals surface area contributed by atoms with Gasteiger partial charge in [0.2, 0.25) is 0 Å². The van der Waals surface area contributed by atoms with Crippen molar-refractivity contribution in [1.82, 2.24) is 0 Å². The lowest BCUT2D eigenvalue weighted by atomic mass is 9.87. The Morgan fingerprint density at radius 2 is 1.85 bits per heavy atom. The minimum atomic E-state index is -1.32. The second-order valence-electron chi connectivity index (χ2n) is 9.22. The zero-order chi connectivity index (χ0) is 23.8. The van der Waals surface area contributed by atoms with Gasteiger partial charge >= 0.3 is 0 Å². The summed E-state index contributed by atoms with van der Waals surface area (Å²) in [5, 5.41) is 42.1. The molecule has 0 spiro atoms. The lowest BCUT2D eigenvalue weighted by molar-refractivity contribution is -0.112. The predicted octanol–water partition coefficient (Wildman–Crippen LogP) is 3.32. The molecule has 1 aromatic heterocycles. The van der Waals surface area contributed by atoms with E-state index in [1.54, 1.807) is 13.8 Å². The molecule has 2 aliphatic heterocycles. The van der Waals surface area contributed by atoms with Crippen LogP contribution in [0.2, 0.25) is 0 Å². The highest BCUT2D eigenvalue weighted by Crippen LogP contribution is 2.47. The maximum absolute atomic E-state index is 12.9. The molecule has 5 rings (SSSR count). The van der Waals surface area contributed by atoms with E-state index in [1.807, 2.05) is 6.92 Å². The van der Waals surface area contributed by atoms with Crippen molar-refractivity contribution in [3.05, 3.63) is 57.8 Å². The van der Waals surface area contributed by atoms with Gasteiger partial charge in [0, 0.05) is 35.2 Å². The highest BCUT2D eigenvalue weighted by Gasteiger charge is 2.43. The van der Waals surface area contributed by atoms with Crippen LogP contribution >= 0.6 is 0 Å². The molecule has 4 N–H and O–H groups in total. The number of aromatic hydroxyl groups is 2. The van der Waals surface area contributed by atoms with Crippen molar-refractivity contribution in [2.45, 2.75) is 51.1 Å². The quantitative estimate of drug-likeness (QED) is 0.436. The standard InChI is InChI=1S/C25H24O8/c1-10(2)17-7-12-19(31-17)9-15(27)20-14(26)8-18(32-23(12)20)11-5-13-21(29)24(30)25(3,4)33-22(13)16(28)6-11/h5-6,8-9,17,21,24,27-30H,1,7H2,2-4H3/t17-,21+,24+/m1/s1. The van der Waals surface area contributed by atoms with Gasteiger partial charge in [0.1, 0.15) is 52.1 Å². The molecule has 3 aromatic rings. The van der Waals surface area contributed by atoms with Gasteiger partial charge in [-0.25, -0.2) is 0 Å². The number of aliphatic hydroxyl groups is 2. The molecule has 0 fully saturated rings. The smallest absolute Gasteiger partial charge is 0.197 e. The van der Waals surface area contributed by atoms with Crippen LogP contribution in [0, 0.1) is 0 Å². The molecule has 33 heavy (non-hydrogen) atoms. The SMILES string of the molecule is C=C(C)[C@H]1Cc2c(cc(O)c3c(=O)cc(-c4cc(O)c5c(c4)[C@H](O)[C@H](O)C(C)(C)O5)oc23)O1. The van der Waals surface area contributed by atoms with Gasteiger partial charge in [-0.1, -0.05) is 6.58 Å². The predicted molar refractivity (Wildman–Crippen MR) is 120 cm³/mol. The van der Waals surface area contributed by atoms with Crippen LogP contribution < -0.4 is 14.9 Å². The highest BCUT2D eigenvalue weighted by atomic mass is 16.5. The molecule has 3 heterocycles. The molecule has 2 aliphatic rings. The molecule has 8 nitrogen and oxygen atoms in total. The second-order valence-corrected chi connectivity index (χ2v) is 9.22. The molecule has 0 saturated heterocycles. The average Bonchev–Trinajstić information content (AvgIpc) is 3.17. The monoisotopic (exact) mass is 452 g/mol. The van der Waals surface area contributed by atoms with Crippen LogP contribution in [0.15, 0.2) is 45.6 Å². The number of phenolic OH excluding ortho intramolecular Hbond substituents is 2. The van der Waals surface area contributed by atoms with E-state index in [0.717, 1.165) is 5.57 Å². The first-order chi connectivity index (χ1) is 15.5. The molecule has 2 aromatic carbocycles. The molecule has 0 bridgehead atoms. The van der Waals surface area contributed by atoms with Crippen molar-refractivity contribution in [2.75, 3.05) is 0 Å². The Balaban J connectivity index is 1.70. The van der Waals surface area contributed by atoms with E-state index >= 15 is 0 Å². The summed E-state index contributed by atoms with van der Waals surface area (Å²) in [6, 6.07) is 5.47. The van der Waals surface area contributed by atoms with Crippen molar-refractivity contribution in [3.63, 3.8) is 0 Å². The third kappa shape index (κ3) is 3.17. The molecular formula is C25H24O8. The fraction of sp³-hybridized carbons (Fsp3) is 0.320. The van der Waals surface area contributed by atoms with Gasteiger partial charge < -0.3 is 34.3 Å². The largest absolute Gasteiger partial charge is 0.507 e. The van der Waals surface area contributed by atoms with E-state index in [1.165, 1.54) is 24.3 Å². The topological polar surface area (TPSA) is 130 Å². The number of hydrogen-bond acceptors (Lipinski definition) is 8. The van der Waals surface area contributed by atoms with Crippen LogP contribution in [0.4, 0.5) is 0 Å². The van der Waals surface area contributed by atoms with Crippen molar-refractivity contribution >= 4 is 11.0 Å². The third-order valence-electron chi connectivity index (χ3n) is 6.33. The summed E-state index contributed by atoms with van der Waals surface area (Å²) in [4.78, 5) is 12.9. The van der Waals surface area contributed by atoms with E-state index in [9.17, 15) is 25.2 Å². The first-order valence-corrected chi connectivity index (χ1v) is 10.5. The Labute approximate surface area is 188 Å². The van der Waals surface area contributed by atoms with Crippen LogP contribution in [-0.2, 0) is 6.42 Å². The molecule has 0 radical (unpaired) electrons. The van der Waals surface area contributed by atoms with Crippen LogP contribution in [0.5, 0.6) is 23.0 Å². The van der Waals surface area contributed by atoms with Gasteiger partial charge in [-0.15, -0.1) is 0 Å². The first kappa shape index (κ1) is 21.4. The van der Waals surface area contributed by atoms with E-state index in [4.69, 9.17) is 13.9 Å². The summed E-state index contributed by atoms with van der Waals surface area (Å²) in [6.45, 7) is 8.96. The molecule has 0 aliphatic carbocycles. The third-order valence-corrected chi connectivity index (χ3v) is 6.33.